The van der Waals surface area contributed by atoms with E-state index < -0.39 is 10.0 Å². The van der Waals surface area contributed by atoms with Crippen LogP contribution in [0.5, 0.6) is 0 Å². The molecule has 3 heterocycles. The molecule has 2 aromatic carbocycles. The highest BCUT2D eigenvalue weighted by atomic mass is 32.2. The van der Waals surface area contributed by atoms with Crippen molar-refractivity contribution in [3.8, 4) is 0 Å². The third-order valence-electron chi connectivity index (χ3n) is 6.12. The second-order valence-electron chi connectivity index (χ2n) is 8.29. The van der Waals surface area contributed by atoms with Gasteiger partial charge in [0.1, 0.15) is 4.90 Å². The van der Waals surface area contributed by atoms with Crippen molar-refractivity contribution >= 4 is 32.9 Å². The van der Waals surface area contributed by atoms with Crippen LogP contribution in [0.3, 0.4) is 0 Å². The van der Waals surface area contributed by atoms with E-state index in [0.29, 0.717) is 43.9 Å². The molecule has 172 valence electrons. The number of imidazole rings is 1. The third-order valence-corrected chi connectivity index (χ3v) is 7.44. The molecule has 2 aliphatic rings. The van der Waals surface area contributed by atoms with Crippen LogP contribution < -0.4 is 5.69 Å². The van der Waals surface area contributed by atoms with E-state index in [4.69, 9.17) is 4.74 Å². The molecule has 0 amide bonds. The molecule has 0 radical (unpaired) electrons. The summed E-state index contributed by atoms with van der Waals surface area (Å²) in [6.07, 6.45) is 1.94. The Morgan fingerprint density at radius 3 is 2.82 bits per heavy atom. The molecule has 0 bridgehead atoms. The van der Waals surface area contributed by atoms with Crippen molar-refractivity contribution in [2.75, 3.05) is 19.7 Å². The molecular formula is C23H24N4O5S. The first-order valence-electron chi connectivity index (χ1n) is 11.0. The molecule has 5 rings (SSSR count). The predicted octanol–water partition coefficient (Wildman–Crippen LogP) is 2.12. The Hall–Kier alpha value is -3.40. The quantitative estimate of drug-likeness (QED) is 0.453. The largest absolute Gasteiger partial charge is 0.465 e. The number of piperidine rings is 1. The SMILES string of the molecule is O=C(OCCCn1c(=O)[nH]c2ccccc21)[C@@H]1CCCN(C2=NS(=O)(=O)c3ccccc32)C1. The molecule has 1 N–H and O–H groups in total. The molecule has 1 fully saturated rings. The van der Waals surface area contributed by atoms with E-state index in [1.807, 2.05) is 29.2 Å². The zero-order valence-corrected chi connectivity index (χ0v) is 18.8. The number of para-hydroxylation sites is 2. The number of sulfonamides is 1. The van der Waals surface area contributed by atoms with Crippen LogP contribution in [-0.4, -0.2) is 54.4 Å². The monoisotopic (exact) mass is 468 g/mol. The normalized spacial score (nSPS) is 19.3. The van der Waals surface area contributed by atoms with Gasteiger partial charge >= 0.3 is 11.7 Å². The summed E-state index contributed by atoms with van der Waals surface area (Å²) in [4.78, 5) is 29.7. The van der Waals surface area contributed by atoms with Gasteiger partial charge in [-0.25, -0.2) is 4.79 Å². The van der Waals surface area contributed by atoms with Gasteiger partial charge in [-0.2, -0.15) is 8.42 Å². The average molecular weight is 469 g/mol. The number of amidine groups is 1. The highest BCUT2D eigenvalue weighted by Crippen LogP contribution is 2.30. The van der Waals surface area contributed by atoms with Crippen molar-refractivity contribution in [1.82, 2.24) is 14.5 Å². The van der Waals surface area contributed by atoms with E-state index in [1.165, 1.54) is 0 Å². The molecule has 0 aliphatic carbocycles. The van der Waals surface area contributed by atoms with Crippen LogP contribution in [0.15, 0.2) is 62.6 Å². The van der Waals surface area contributed by atoms with Crippen molar-refractivity contribution in [2.24, 2.45) is 10.3 Å². The molecule has 2 aliphatic heterocycles. The number of rotatable bonds is 5. The Kier molecular flexibility index (Phi) is 5.53. The fourth-order valence-electron chi connectivity index (χ4n) is 4.52. The van der Waals surface area contributed by atoms with Gasteiger partial charge in [-0.1, -0.05) is 24.3 Å². The van der Waals surface area contributed by atoms with Crippen LogP contribution in [0.1, 0.15) is 24.8 Å². The lowest BCUT2D eigenvalue weighted by Gasteiger charge is -2.32. The number of esters is 1. The van der Waals surface area contributed by atoms with E-state index in [2.05, 4.69) is 9.38 Å². The smallest absolute Gasteiger partial charge is 0.326 e. The first-order chi connectivity index (χ1) is 15.9. The number of ether oxygens (including phenoxy) is 1. The zero-order valence-electron chi connectivity index (χ0n) is 17.9. The van der Waals surface area contributed by atoms with Crippen LogP contribution >= 0.6 is 0 Å². The number of hydrogen-bond donors (Lipinski definition) is 1. The van der Waals surface area contributed by atoms with Crippen LogP contribution in [0, 0.1) is 5.92 Å². The fourth-order valence-corrected chi connectivity index (χ4v) is 5.75. The molecule has 0 unspecified atom stereocenters. The first-order valence-corrected chi connectivity index (χ1v) is 12.4. The van der Waals surface area contributed by atoms with Crippen LogP contribution in [0.25, 0.3) is 11.0 Å². The van der Waals surface area contributed by atoms with Crippen molar-refractivity contribution in [3.63, 3.8) is 0 Å². The number of fused-ring (bicyclic) bond motifs is 2. The molecule has 1 atom stereocenters. The highest BCUT2D eigenvalue weighted by Gasteiger charge is 2.35. The molecule has 0 saturated carbocycles. The number of aromatic amines is 1. The maximum atomic E-state index is 12.7. The summed E-state index contributed by atoms with van der Waals surface area (Å²) in [5.74, 6) is -0.254. The van der Waals surface area contributed by atoms with Crippen LogP contribution in [-0.2, 0) is 26.1 Å². The topological polar surface area (TPSA) is 114 Å². The van der Waals surface area contributed by atoms with Gasteiger partial charge in [-0.05, 0) is 43.5 Å². The minimum absolute atomic E-state index is 0.182. The number of likely N-dealkylation sites (tertiary alicyclic amines) is 1. The summed E-state index contributed by atoms with van der Waals surface area (Å²) < 4.78 is 35.8. The van der Waals surface area contributed by atoms with Gasteiger partial charge in [0, 0.05) is 25.2 Å². The number of carbonyl (C=O) groups excluding carboxylic acids is 1. The van der Waals surface area contributed by atoms with E-state index in [0.717, 1.165) is 17.5 Å². The minimum Gasteiger partial charge on any atom is -0.465 e. The van der Waals surface area contributed by atoms with E-state index in [-0.39, 0.29) is 29.1 Å². The predicted molar refractivity (Wildman–Crippen MR) is 123 cm³/mol. The van der Waals surface area contributed by atoms with Gasteiger partial charge in [0.15, 0.2) is 5.84 Å². The average Bonchev–Trinajstić information content (AvgIpc) is 3.29. The maximum absolute atomic E-state index is 12.7. The van der Waals surface area contributed by atoms with Gasteiger partial charge in [-0.3, -0.25) is 9.36 Å². The molecule has 1 saturated heterocycles. The Bertz CT molecular complexity index is 1410. The maximum Gasteiger partial charge on any atom is 0.326 e. The summed E-state index contributed by atoms with van der Waals surface area (Å²) in [6, 6.07) is 14.2. The van der Waals surface area contributed by atoms with Crippen molar-refractivity contribution in [3.05, 3.63) is 64.6 Å². The van der Waals surface area contributed by atoms with Crippen molar-refractivity contribution < 1.29 is 17.9 Å². The number of hydrogen-bond acceptors (Lipinski definition) is 6. The summed E-state index contributed by atoms with van der Waals surface area (Å²) in [5.41, 5.74) is 2.00. The molecule has 10 heteroatoms. The Morgan fingerprint density at radius 2 is 1.94 bits per heavy atom. The second kappa shape index (κ2) is 8.51. The van der Waals surface area contributed by atoms with E-state index in [9.17, 15) is 18.0 Å². The fraction of sp³-hybridized carbons (Fsp3) is 0.348. The molecule has 9 nitrogen and oxygen atoms in total. The van der Waals surface area contributed by atoms with Gasteiger partial charge in [0.25, 0.3) is 10.0 Å². The van der Waals surface area contributed by atoms with Gasteiger partial charge in [0.05, 0.1) is 23.6 Å². The number of aromatic nitrogens is 2. The number of nitrogens with zero attached hydrogens (tertiary/aromatic N) is 3. The summed E-state index contributed by atoms with van der Waals surface area (Å²) >= 11 is 0. The summed E-state index contributed by atoms with van der Waals surface area (Å²) in [5, 5.41) is 0. The second-order valence-corrected chi connectivity index (χ2v) is 9.86. The standard InChI is InChI=1S/C23H24N4O5S/c28-22(32-14-6-13-27-19-10-3-2-9-18(19)24-23(27)29)16-7-5-12-26(15-16)21-17-8-1-4-11-20(17)33(30,31)25-21/h1-4,8-11,16H,5-7,12-15H2,(H,24,29)/t16-/m1/s1. The Morgan fingerprint density at radius 1 is 1.15 bits per heavy atom. The number of aryl methyl sites for hydroxylation is 1. The molecule has 3 aromatic rings. The van der Waals surface area contributed by atoms with Crippen LogP contribution in [0.4, 0.5) is 0 Å². The number of benzene rings is 2. The minimum atomic E-state index is -3.70. The van der Waals surface area contributed by atoms with E-state index >= 15 is 0 Å². The lowest BCUT2D eigenvalue weighted by molar-refractivity contribution is -0.150. The highest BCUT2D eigenvalue weighted by molar-refractivity contribution is 7.90. The van der Waals surface area contributed by atoms with Crippen LogP contribution in [0.2, 0.25) is 0 Å². The number of carbonyl (C=O) groups is 1. The lowest BCUT2D eigenvalue weighted by Crippen LogP contribution is -2.42. The lowest BCUT2D eigenvalue weighted by atomic mass is 9.97. The van der Waals surface area contributed by atoms with E-state index in [1.54, 1.807) is 28.8 Å². The van der Waals surface area contributed by atoms with Gasteiger partial charge in [-0.15, -0.1) is 4.40 Å². The summed E-state index contributed by atoms with van der Waals surface area (Å²) in [6.45, 7) is 1.65. The Labute approximate surface area is 190 Å². The molecule has 1 aromatic heterocycles. The van der Waals surface area contributed by atoms with Gasteiger partial charge < -0.3 is 14.6 Å². The summed E-state index contributed by atoms with van der Waals surface area (Å²) in [7, 11) is -3.70. The zero-order chi connectivity index (χ0) is 23.0. The first kappa shape index (κ1) is 21.4. The van der Waals surface area contributed by atoms with Crippen molar-refractivity contribution in [2.45, 2.75) is 30.7 Å². The molecule has 0 spiro atoms. The Balaban J connectivity index is 1.19. The molecule has 33 heavy (non-hydrogen) atoms. The third kappa shape index (κ3) is 4.06. The van der Waals surface area contributed by atoms with Crippen molar-refractivity contribution in [1.29, 1.82) is 0 Å². The number of nitrogens with one attached hydrogen (secondary N) is 1. The van der Waals surface area contributed by atoms with Gasteiger partial charge in [0.2, 0.25) is 0 Å². The molecular weight excluding hydrogens is 444 g/mol. The number of H-pyrrole nitrogens is 1.